The number of fused-ring (bicyclic) bond motifs is 1. The van der Waals surface area contributed by atoms with Gasteiger partial charge in [-0.05, 0) is 12.1 Å². The van der Waals surface area contributed by atoms with Crippen LogP contribution in [0.25, 0.3) is 11.0 Å². The van der Waals surface area contributed by atoms with Crippen molar-refractivity contribution in [3.8, 4) is 0 Å². The van der Waals surface area contributed by atoms with E-state index < -0.39 is 0 Å². The van der Waals surface area contributed by atoms with E-state index in [2.05, 4.69) is 15.3 Å². The fourth-order valence-electron chi connectivity index (χ4n) is 0.951. The van der Waals surface area contributed by atoms with Crippen molar-refractivity contribution >= 4 is 11.0 Å². The van der Waals surface area contributed by atoms with Gasteiger partial charge in [0.05, 0.1) is 0 Å². The molecule has 12 heavy (non-hydrogen) atoms. The molecule has 0 radical (unpaired) electrons. The highest BCUT2D eigenvalue weighted by molar-refractivity contribution is 5.71. The lowest BCUT2D eigenvalue weighted by molar-refractivity contribution is 0.654. The molecule has 2 heterocycles. The third kappa shape index (κ3) is 0.868. The first kappa shape index (κ1) is 6.90. The van der Waals surface area contributed by atoms with Gasteiger partial charge < -0.3 is 0 Å². The standard InChI is InChI=1S/C7H6N4O/c1-11-7(12)6-5(9-10-11)3-2-4-8-6/h2-4H,1H3. The molecule has 60 valence electrons. The van der Waals surface area contributed by atoms with Crippen LogP contribution in [0.4, 0.5) is 0 Å². The fraction of sp³-hybridized carbons (Fsp3) is 0.143. The maximum absolute atomic E-state index is 11.3. The normalized spacial score (nSPS) is 10.4. The average molecular weight is 162 g/mol. The minimum atomic E-state index is -0.222. The summed E-state index contributed by atoms with van der Waals surface area (Å²) in [4.78, 5) is 15.2. The van der Waals surface area contributed by atoms with Crippen molar-refractivity contribution < 1.29 is 0 Å². The second kappa shape index (κ2) is 2.37. The van der Waals surface area contributed by atoms with Gasteiger partial charge in [0.25, 0.3) is 5.56 Å². The molecule has 0 atom stereocenters. The van der Waals surface area contributed by atoms with Crippen LogP contribution >= 0.6 is 0 Å². The van der Waals surface area contributed by atoms with Gasteiger partial charge in [0.2, 0.25) is 0 Å². The number of hydrogen-bond donors (Lipinski definition) is 0. The number of hydrogen-bond acceptors (Lipinski definition) is 4. The lowest BCUT2D eigenvalue weighted by Crippen LogP contribution is -2.21. The third-order valence-electron chi connectivity index (χ3n) is 1.57. The van der Waals surface area contributed by atoms with Crippen LogP contribution in [-0.4, -0.2) is 20.0 Å². The van der Waals surface area contributed by atoms with Crippen molar-refractivity contribution in [3.05, 3.63) is 28.7 Å². The fourth-order valence-corrected chi connectivity index (χ4v) is 0.951. The topological polar surface area (TPSA) is 60.7 Å². The first-order valence-electron chi connectivity index (χ1n) is 3.44. The molecule has 2 rings (SSSR count). The van der Waals surface area contributed by atoms with E-state index in [0.717, 1.165) is 4.68 Å². The Labute approximate surface area is 67.7 Å². The molecule has 2 aromatic heterocycles. The molecular weight excluding hydrogens is 156 g/mol. The molecule has 0 unspecified atom stereocenters. The lowest BCUT2D eigenvalue weighted by atomic mass is 10.4. The van der Waals surface area contributed by atoms with E-state index in [1.165, 1.54) is 0 Å². The quantitative estimate of drug-likeness (QED) is 0.534. The Morgan fingerprint density at radius 3 is 3.17 bits per heavy atom. The zero-order valence-electron chi connectivity index (χ0n) is 6.43. The summed E-state index contributed by atoms with van der Waals surface area (Å²) in [5, 5.41) is 7.41. The first-order chi connectivity index (χ1) is 5.79. The van der Waals surface area contributed by atoms with Crippen molar-refractivity contribution in [2.75, 3.05) is 0 Å². The van der Waals surface area contributed by atoms with E-state index in [9.17, 15) is 4.79 Å². The summed E-state index contributed by atoms with van der Waals surface area (Å²) in [6.45, 7) is 0. The molecule has 0 aliphatic rings. The van der Waals surface area contributed by atoms with Gasteiger partial charge in [-0.1, -0.05) is 5.21 Å². The summed E-state index contributed by atoms with van der Waals surface area (Å²) in [7, 11) is 1.55. The van der Waals surface area contributed by atoms with Crippen LogP contribution in [0.2, 0.25) is 0 Å². The Morgan fingerprint density at radius 2 is 2.33 bits per heavy atom. The van der Waals surface area contributed by atoms with Gasteiger partial charge in [-0.3, -0.25) is 4.79 Å². The highest BCUT2D eigenvalue weighted by Crippen LogP contribution is 1.98. The number of rotatable bonds is 0. The van der Waals surface area contributed by atoms with Gasteiger partial charge in [0, 0.05) is 13.2 Å². The van der Waals surface area contributed by atoms with Gasteiger partial charge in [-0.15, -0.1) is 5.10 Å². The molecule has 0 saturated carbocycles. The number of pyridine rings is 1. The van der Waals surface area contributed by atoms with E-state index in [4.69, 9.17) is 0 Å². The Balaban J connectivity index is 3.01. The molecule has 0 N–H and O–H groups in total. The van der Waals surface area contributed by atoms with Crippen molar-refractivity contribution in [2.24, 2.45) is 7.05 Å². The van der Waals surface area contributed by atoms with Crippen LogP contribution in [0.1, 0.15) is 0 Å². The summed E-state index contributed by atoms with van der Waals surface area (Å²) < 4.78 is 1.16. The van der Waals surface area contributed by atoms with Gasteiger partial charge in [0.15, 0.2) is 5.52 Å². The van der Waals surface area contributed by atoms with Crippen LogP contribution in [0.3, 0.4) is 0 Å². The van der Waals surface area contributed by atoms with Crippen molar-refractivity contribution in [1.29, 1.82) is 0 Å². The summed E-state index contributed by atoms with van der Waals surface area (Å²) in [6, 6.07) is 3.42. The zero-order valence-corrected chi connectivity index (χ0v) is 6.43. The Kier molecular flexibility index (Phi) is 1.36. The predicted octanol–water partition coefficient (Wildman–Crippen LogP) is -0.277. The van der Waals surface area contributed by atoms with Crippen molar-refractivity contribution in [2.45, 2.75) is 0 Å². The van der Waals surface area contributed by atoms with Gasteiger partial charge in [-0.25, -0.2) is 9.67 Å². The highest BCUT2D eigenvalue weighted by atomic mass is 16.1. The van der Waals surface area contributed by atoms with Crippen LogP contribution in [0.5, 0.6) is 0 Å². The Morgan fingerprint density at radius 1 is 1.50 bits per heavy atom. The summed E-state index contributed by atoms with van der Waals surface area (Å²) in [5.74, 6) is 0. The molecular formula is C7H6N4O. The average Bonchev–Trinajstić information content (AvgIpc) is 2.12. The number of aryl methyl sites for hydroxylation is 1. The smallest absolute Gasteiger partial charge is 0.265 e. The SMILES string of the molecule is Cn1nnc2cccnc2c1=O. The predicted molar refractivity (Wildman–Crippen MR) is 42.6 cm³/mol. The molecule has 5 heteroatoms. The molecule has 0 fully saturated rings. The van der Waals surface area contributed by atoms with Gasteiger partial charge in [-0.2, -0.15) is 0 Å². The van der Waals surface area contributed by atoms with Gasteiger partial charge in [0.1, 0.15) is 5.52 Å². The van der Waals surface area contributed by atoms with Crippen LogP contribution in [0, 0.1) is 0 Å². The van der Waals surface area contributed by atoms with E-state index in [-0.39, 0.29) is 5.56 Å². The summed E-state index contributed by atoms with van der Waals surface area (Å²) in [6.07, 6.45) is 1.56. The second-order valence-electron chi connectivity index (χ2n) is 2.39. The Bertz CT molecular complexity index is 476. The monoisotopic (exact) mass is 162 g/mol. The summed E-state index contributed by atoms with van der Waals surface area (Å²) in [5.41, 5.74) is 0.663. The minimum absolute atomic E-state index is 0.222. The van der Waals surface area contributed by atoms with Gasteiger partial charge >= 0.3 is 0 Å². The first-order valence-corrected chi connectivity index (χ1v) is 3.44. The van der Waals surface area contributed by atoms with E-state index >= 15 is 0 Å². The molecule has 5 nitrogen and oxygen atoms in total. The molecule has 0 saturated heterocycles. The number of aromatic nitrogens is 4. The molecule has 0 amide bonds. The zero-order chi connectivity index (χ0) is 8.55. The van der Waals surface area contributed by atoms with E-state index in [1.54, 1.807) is 25.4 Å². The Hall–Kier alpha value is -1.78. The lowest BCUT2D eigenvalue weighted by Gasteiger charge is -1.95. The van der Waals surface area contributed by atoms with E-state index in [1.807, 2.05) is 0 Å². The molecule has 0 aliphatic heterocycles. The maximum atomic E-state index is 11.3. The molecule has 0 aliphatic carbocycles. The minimum Gasteiger partial charge on any atom is -0.265 e. The number of nitrogens with zero attached hydrogens (tertiary/aromatic N) is 4. The van der Waals surface area contributed by atoms with Crippen LogP contribution in [0.15, 0.2) is 23.1 Å². The van der Waals surface area contributed by atoms with E-state index in [0.29, 0.717) is 11.0 Å². The van der Waals surface area contributed by atoms with Crippen molar-refractivity contribution in [3.63, 3.8) is 0 Å². The van der Waals surface area contributed by atoms with Crippen LogP contribution in [-0.2, 0) is 7.05 Å². The molecule has 0 bridgehead atoms. The highest BCUT2D eigenvalue weighted by Gasteiger charge is 2.01. The van der Waals surface area contributed by atoms with Crippen molar-refractivity contribution in [1.82, 2.24) is 20.0 Å². The molecule has 2 aromatic rings. The molecule has 0 spiro atoms. The maximum Gasteiger partial charge on any atom is 0.295 e. The summed E-state index contributed by atoms with van der Waals surface area (Å²) >= 11 is 0. The largest absolute Gasteiger partial charge is 0.295 e. The third-order valence-corrected chi connectivity index (χ3v) is 1.57. The molecule has 0 aromatic carbocycles. The van der Waals surface area contributed by atoms with Crippen LogP contribution < -0.4 is 5.56 Å². The second-order valence-corrected chi connectivity index (χ2v) is 2.39.